The van der Waals surface area contributed by atoms with Crippen LogP contribution in [0.1, 0.15) is 111 Å². The van der Waals surface area contributed by atoms with Crippen molar-refractivity contribution in [3.8, 4) is 0 Å². The molecule has 0 spiro atoms. The fourth-order valence-corrected chi connectivity index (χ4v) is 6.16. The number of carboxylic acids is 1. The summed E-state index contributed by atoms with van der Waals surface area (Å²) in [6, 6.07) is 14.2. The zero-order valence-corrected chi connectivity index (χ0v) is 22.0. The van der Waals surface area contributed by atoms with Gasteiger partial charge in [-0.2, -0.15) is 0 Å². The van der Waals surface area contributed by atoms with E-state index in [1.54, 1.807) is 6.07 Å². The van der Waals surface area contributed by atoms with E-state index in [-0.39, 0.29) is 18.0 Å². The van der Waals surface area contributed by atoms with Crippen molar-refractivity contribution in [3.05, 3.63) is 70.3 Å². The van der Waals surface area contributed by atoms with Crippen molar-refractivity contribution in [2.45, 2.75) is 97.6 Å². The third-order valence-electron chi connectivity index (χ3n) is 8.38. The Balaban J connectivity index is 1.60. The summed E-state index contributed by atoms with van der Waals surface area (Å²) in [4.78, 5) is 27.6. The van der Waals surface area contributed by atoms with Gasteiger partial charge < -0.3 is 10.0 Å². The quantitative estimate of drug-likeness (QED) is 0.482. The molecule has 0 aliphatic heterocycles. The highest BCUT2D eigenvalue weighted by Crippen LogP contribution is 2.44. The molecule has 1 saturated carbocycles. The monoisotopic (exact) mass is 475 g/mol. The lowest BCUT2D eigenvalue weighted by Gasteiger charge is -2.43. The van der Waals surface area contributed by atoms with Crippen molar-refractivity contribution in [2.24, 2.45) is 11.3 Å². The first-order chi connectivity index (χ1) is 16.5. The largest absolute Gasteiger partial charge is 0.478 e. The van der Waals surface area contributed by atoms with E-state index in [0.717, 1.165) is 55.2 Å². The van der Waals surface area contributed by atoms with Gasteiger partial charge in [0, 0.05) is 6.04 Å². The van der Waals surface area contributed by atoms with Gasteiger partial charge in [-0.3, -0.25) is 4.79 Å². The number of carboxylic acid groups (broad SMARTS) is 1. The molecule has 2 aromatic carbocycles. The second kappa shape index (κ2) is 10.2. The Morgan fingerprint density at radius 3 is 2.20 bits per heavy atom. The van der Waals surface area contributed by atoms with Gasteiger partial charge in [0.15, 0.2) is 0 Å². The summed E-state index contributed by atoms with van der Waals surface area (Å²) >= 11 is 0. The van der Waals surface area contributed by atoms with Crippen molar-refractivity contribution in [2.75, 3.05) is 0 Å². The molecule has 1 unspecified atom stereocenters. The molecule has 2 aromatic rings. The molecule has 4 rings (SSSR count). The van der Waals surface area contributed by atoms with E-state index in [4.69, 9.17) is 0 Å². The highest BCUT2D eigenvalue weighted by atomic mass is 16.4. The number of benzene rings is 2. The number of nitrogens with zero attached hydrogens (tertiary/aromatic N) is 1. The lowest BCUT2D eigenvalue weighted by Crippen LogP contribution is -2.45. The summed E-state index contributed by atoms with van der Waals surface area (Å²) in [6.45, 7) is 11.4. The number of hydrogen-bond donors (Lipinski definition) is 1. The van der Waals surface area contributed by atoms with Crippen LogP contribution in [0.2, 0.25) is 0 Å². The molecule has 4 nitrogen and oxygen atoms in total. The van der Waals surface area contributed by atoms with Gasteiger partial charge in [-0.05, 0) is 90.2 Å². The van der Waals surface area contributed by atoms with E-state index in [2.05, 4.69) is 63.8 Å². The minimum absolute atomic E-state index is 0.0338. The van der Waals surface area contributed by atoms with Crippen molar-refractivity contribution in [3.63, 3.8) is 0 Å². The van der Waals surface area contributed by atoms with Crippen LogP contribution in [0, 0.1) is 11.3 Å². The number of carbonyl (C=O) groups excluding carboxylic acids is 1. The number of rotatable bonds is 6. The fraction of sp³-hybridized carbons (Fsp3) is 0.548. The summed E-state index contributed by atoms with van der Waals surface area (Å²) < 4.78 is 0. The highest BCUT2D eigenvalue weighted by Gasteiger charge is 2.39. The lowest BCUT2D eigenvalue weighted by atomic mass is 9.71. The van der Waals surface area contributed by atoms with Gasteiger partial charge in [0.25, 0.3) is 0 Å². The second-order valence-electron chi connectivity index (χ2n) is 12.0. The Kier molecular flexibility index (Phi) is 7.40. The number of carbonyl (C=O) groups is 2. The third kappa shape index (κ3) is 5.63. The Morgan fingerprint density at radius 2 is 1.63 bits per heavy atom. The van der Waals surface area contributed by atoms with E-state index < -0.39 is 5.97 Å². The van der Waals surface area contributed by atoms with Gasteiger partial charge in [-0.15, -0.1) is 0 Å². The molecule has 0 heterocycles. The molecule has 0 radical (unpaired) electrons. The number of fused-ring (bicyclic) bond motifs is 1. The standard InChI is InChI=1S/C31H41NO3/c1-20(2)22-8-6-21(7-9-22)18-29(33)32(26-14-12-25(13-15-26)31(3,4)5)28-17-11-23-19-24(30(34)35)10-16-27(23)28/h6-10,16,19-20,25-26,28H,11-15,17-18H2,1-5H3,(H,34,35). The van der Waals surface area contributed by atoms with Crippen LogP contribution >= 0.6 is 0 Å². The maximum Gasteiger partial charge on any atom is 0.335 e. The maximum absolute atomic E-state index is 13.9. The Bertz CT molecular complexity index is 1060. The number of aromatic carboxylic acids is 1. The number of aryl methyl sites for hydroxylation is 1. The van der Waals surface area contributed by atoms with E-state index >= 15 is 0 Å². The molecule has 1 fully saturated rings. The molecule has 4 heteroatoms. The average molecular weight is 476 g/mol. The third-order valence-corrected chi connectivity index (χ3v) is 8.38. The van der Waals surface area contributed by atoms with E-state index in [0.29, 0.717) is 29.2 Å². The number of amides is 1. The Morgan fingerprint density at radius 1 is 0.971 bits per heavy atom. The Labute approximate surface area is 210 Å². The minimum atomic E-state index is -0.894. The first-order valence-electron chi connectivity index (χ1n) is 13.3. The van der Waals surface area contributed by atoms with Gasteiger partial charge in [0.05, 0.1) is 18.0 Å². The average Bonchev–Trinajstić information content (AvgIpc) is 3.22. The zero-order valence-electron chi connectivity index (χ0n) is 22.0. The molecule has 1 N–H and O–H groups in total. The van der Waals surface area contributed by atoms with Gasteiger partial charge >= 0.3 is 5.97 Å². The van der Waals surface area contributed by atoms with Crippen LogP contribution in [0.15, 0.2) is 42.5 Å². The summed E-state index contributed by atoms with van der Waals surface area (Å²) in [5, 5.41) is 9.43. The van der Waals surface area contributed by atoms with Crippen molar-refractivity contribution in [1.82, 2.24) is 4.90 Å². The predicted octanol–water partition coefficient (Wildman–Crippen LogP) is 7.17. The predicted molar refractivity (Wildman–Crippen MR) is 141 cm³/mol. The topological polar surface area (TPSA) is 57.6 Å². The first-order valence-corrected chi connectivity index (χ1v) is 13.3. The molecule has 188 valence electrons. The summed E-state index contributed by atoms with van der Waals surface area (Å²) in [7, 11) is 0. The highest BCUT2D eigenvalue weighted by molar-refractivity contribution is 5.88. The van der Waals surface area contributed by atoms with E-state index in [1.165, 1.54) is 5.56 Å². The molecule has 35 heavy (non-hydrogen) atoms. The van der Waals surface area contributed by atoms with Gasteiger partial charge in [0.1, 0.15) is 0 Å². The van der Waals surface area contributed by atoms with Crippen LogP contribution in [-0.2, 0) is 17.6 Å². The van der Waals surface area contributed by atoms with Crippen LogP contribution in [0.25, 0.3) is 0 Å². The number of hydrogen-bond acceptors (Lipinski definition) is 2. The van der Waals surface area contributed by atoms with Gasteiger partial charge in [-0.1, -0.05) is 65.0 Å². The smallest absolute Gasteiger partial charge is 0.335 e. The van der Waals surface area contributed by atoms with Crippen LogP contribution in [0.5, 0.6) is 0 Å². The van der Waals surface area contributed by atoms with Crippen LogP contribution < -0.4 is 0 Å². The van der Waals surface area contributed by atoms with E-state index in [1.807, 2.05) is 12.1 Å². The molecule has 1 amide bonds. The maximum atomic E-state index is 13.9. The zero-order chi connectivity index (χ0) is 25.3. The van der Waals surface area contributed by atoms with Crippen molar-refractivity contribution >= 4 is 11.9 Å². The van der Waals surface area contributed by atoms with Crippen LogP contribution in [0.4, 0.5) is 0 Å². The lowest BCUT2D eigenvalue weighted by molar-refractivity contribution is -0.137. The molecule has 2 aliphatic carbocycles. The first kappa shape index (κ1) is 25.5. The summed E-state index contributed by atoms with van der Waals surface area (Å²) in [5.74, 6) is 0.462. The van der Waals surface area contributed by atoms with Crippen molar-refractivity contribution < 1.29 is 14.7 Å². The van der Waals surface area contributed by atoms with Crippen LogP contribution in [-0.4, -0.2) is 27.9 Å². The van der Waals surface area contributed by atoms with Gasteiger partial charge in [-0.25, -0.2) is 4.79 Å². The van der Waals surface area contributed by atoms with Crippen LogP contribution in [0.3, 0.4) is 0 Å². The molecule has 2 aliphatic rings. The molecule has 0 aromatic heterocycles. The molecular formula is C31H41NO3. The Hall–Kier alpha value is -2.62. The fourth-order valence-electron chi connectivity index (χ4n) is 6.16. The summed E-state index contributed by atoms with van der Waals surface area (Å²) in [5.41, 5.74) is 5.20. The minimum Gasteiger partial charge on any atom is -0.478 e. The molecule has 1 atom stereocenters. The van der Waals surface area contributed by atoms with E-state index in [9.17, 15) is 14.7 Å². The molecule has 0 bridgehead atoms. The SMILES string of the molecule is CC(C)c1ccc(CC(=O)N(C2CCC(C(C)(C)C)CC2)C2CCc3cc(C(=O)O)ccc32)cc1. The van der Waals surface area contributed by atoms with Crippen molar-refractivity contribution in [1.29, 1.82) is 0 Å². The molecular weight excluding hydrogens is 434 g/mol. The molecule has 0 saturated heterocycles. The van der Waals surface area contributed by atoms with Gasteiger partial charge in [0.2, 0.25) is 5.91 Å². The summed E-state index contributed by atoms with van der Waals surface area (Å²) in [6.07, 6.45) is 6.49. The second-order valence-corrected chi connectivity index (χ2v) is 12.0. The normalized spacial score (nSPS) is 22.2.